The Hall–Kier alpha value is -0.770. The van der Waals surface area contributed by atoms with Crippen LogP contribution in [0.5, 0.6) is 0 Å². The van der Waals surface area contributed by atoms with Gasteiger partial charge in [0.05, 0.1) is 0 Å². The van der Waals surface area contributed by atoms with E-state index in [-0.39, 0.29) is 5.91 Å². The number of halogens is 1. The number of carbonyl (C=O) groups is 1. The third-order valence-corrected chi connectivity index (χ3v) is 3.66. The van der Waals surface area contributed by atoms with Gasteiger partial charge in [-0.15, -0.1) is 0 Å². The molecule has 3 nitrogen and oxygen atoms in total. The van der Waals surface area contributed by atoms with Gasteiger partial charge in [0.1, 0.15) is 5.69 Å². The zero-order chi connectivity index (χ0) is 11.5. The maximum atomic E-state index is 11.9. The van der Waals surface area contributed by atoms with Crippen LogP contribution in [-0.4, -0.2) is 17.0 Å². The molecule has 1 N–H and O–H groups in total. The van der Waals surface area contributed by atoms with E-state index in [1.807, 2.05) is 23.9 Å². The van der Waals surface area contributed by atoms with Gasteiger partial charge in [0.15, 0.2) is 0 Å². The second-order valence-corrected chi connectivity index (χ2v) is 5.43. The Morgan fingerprint density at radius 2 is 2.25 bits per heavy atom. The molecule has 1 aromatic rings. The number of nitrogens with zero attached hydrogens (tertiary/aromatic N) is 1. The third-order valence-electron chi connectivity index (χ3n) is 3.23. The molecule has 0 aromatic carbocycles. The summed E-state index contributed by atoms with van der Waals surface area (Å²) < 4.78 is 2.79. The predicted molar refractivity (Wildman–Crippen MR) is 67.4 cm³/mol. The fourth-order valence-electron chi connectivity index (χ4n) is 2.29. The van der Waals surface area contributed by atoms with Gasteiger partial charge in [0.2, 0.25) is 0 Å². The molecule has 16 heavy (non-hydrogen) atoms. The van der Waals surface area contributed by atoms with E-state index in [1.165, 1.54) is 25.7 Å². The van der Waals surface area contributed by atoms with E-state index in [0.29, 0.717) is 11.6 Å². The van der Waals surface area contributed by atoms with Gasteiger partial charge in [0, 0.05) is 24.3 Å². The van der Waals surface area contributed by atoms with Crippen LogP contribution in [0.3, 0.4) is 0 Å². The molecule has 1 aromatic heterocycles. The molecule has 4 heteroatoms. The Balaban J connectivity index is 1.90. The van der Waals surface area contributed by atoms with Crippen molar-refractivity contribution in [2.75, 3.05) is 6.54 Å². The fraction of sp³-hybridized carbons (Fsp3) is 0.583. The summed E-state index contributed by atoms with van der Waals surface area (Å²) in [5.74, 6) is 0.716. The predicted octanol–water partition coefficient (Wildman–Crippen LogP) is 2.71. The highest BCUT2D eigenvalue weighted by atomic mass is 79.9. The van der Waals surface area contributed by atoms with Crippen LogP contribution in [0.2, 0.25) is 0 Å². The second-order valence-electron chi connectivity index (χ2n) is 4.51. The van der Waals surface area contributed by atoms with Crippen molar-refractivity contribution in [3.8, 4) is 0 Å². The highest BCUT2D eigenvalue weighted by molar-refractivity contribution is 9.10. The number of rotatable bonds is 3. The molecule has 0 saturated heterocycles. The van der Waals surface area contributed by atoms with Crippen LogP contribution in [0.25, 0.3) is 0 Å². The highest BCUT2D eigenvalue weighted by Crippen LogP contribution is 2.23. The number of amides is 1. The third kappa shape index (κ3) is 2.67. The molecular formula is C12H17BrN2O. The summed E-state index contributed by atoms with van der Waals surface area (Å²) in [4.78, 5) is 11.9. The summed E-state index contributed by atoms with van der Waals surface area (Å²) in [6.07, 6.45) is 7.05. The lowest BCUT2D eigenvalue weighted by atomic mass is 10.1. The zero-order valence-electron chi connectivity index (χ0n) is 9.50. The minimum Gasteiger partial charge on any atom is -0.350 e. The fourth-order valence-corrected chi connectivity index (χ4v) is 2.82. The Morgan fingerprint density at radius 3 is 2.81 bits per heavy atom. The lowest BCUT2D eigenvalue weighted by Gasteiger charge is -2.10. The van der Waals surface area contributed by atoms with E-state index in [4.69, 9.17) is 0 Å². The van der Waals surface area contributed by atoms with Crippen molar-refractivity contribution in [3.05, 3.63) is 22.4 Å². The van der Waals surface area contributed by atoms with Crippen LogP contribution >= 0.6 is 15.9 Å². The van der Waals surface area contributed by atoms with Crippen LogP contribution in [0.4, 0.5) is 0 Å². The molecule has 0 atom stereocenters. The number of hydrogen-bond donors (Lipinski definition) is 1. The largest absolute Gasteiger partial charge is 0.350 e. The first kappa shape index (κ1) is 11.7. The molecule has 0 radical (unpaired) electrons. The van der Waals surface area contributed by atoms with Crippen LogP contribution in [0, 0.1) is 5.92 Å². The van der Waals surface area contributed by atoms with Gasteiger partial charge in [-0.3, -0.25) is 4.79 Å². The van der Waals surface area contributed by atoms with Crippen molar-refractivity contribution >= 4 is 21.8 Å². The minimum atomic E-state index is 0.0279. The summed E-state index contributed by atoms with van der Waals surface area (Å²) in [5.41, 5.74) is 0.713. The van der Waals surface area contributed by atoms with Gasteiger partial charge in [0.25, 0.3) is 5.91 Å². The Morgan fingerprint density at radius 1 is 1.56 bits per heavy atom. The van der Waals surface area contributed by atoms with Gasteiger partial charge in [-0.1, -0.05) is 12.8 Å². The molecule has 0 aliphatic heterocycles. The van der Waals surface area contributed by atoms with Crippen molar-refractivity contribution in [1.82, 2.24) is 9.88 Å². The topological polar surface area (TPSA) is 34.0 Å². The summed E-state index contributed by atoms with van der Waals surface area (Å²) in [7, 11) is 1.88. The van der Waals surface area contributed by atoms with Crippen molar-refractivity contribution in [2.24, 2.45) is 13.0 Å². The van der Waals surface area contributed by atoms with Gasteiger partial charge in [-0.25, -0.2) is 0 Å². The molecule has 1 saturated carbocycles. The number of hydrogen-bond acceptors (Lipinski definition) is 1. The van der Waals surface area contributed by atoms with Crippen molar-refractivity contribution in [1.29, 1.82) is 0 Å². The monoisotopic (exact) mass is 284 g/mol. The average molecular weight is 285 g/mol. The SMILES string of the molecule is Cn1cc(Br)cc1C(=O)NCC1CCCC1. The van der Waals surface area contributed by atoms with Crippen LogP contribution in [0.1, 0.15) is 36.2 Å². The quantitative estimate of drug-likeness (QED) is 0.910. The van der Waals surface area contributed by atoms with Gasteiger partial charge in [-0.05, 0) is 40.8 Å². The molecule has 0 spiro atoms. The lowest BCUT2D eigenvalue weighted by molar-refractivity contribution is 0.0939. The molecule has 0 unspecified atom stereocenters. The molecule has 88 valence electrons. The highest BCUT2D eigenvalue weighted by Gasteiger charge is 2.17. The van der Waals surface area contributed by atoms with E-state index in [9.17, 15) is 4.79 Å². The van der Waals surface area contributed by atoms with E-state index < -0.39 is 0 Å². The standard InChI is InChI=1S/C12H17BrN2O/c1-15-8-10(13)6-11(15)12(16)14-7-9-4-2-3-5-9/h6,8-9H,2-5,7H2,1H3,(H,14,16). The molecule has 2 rings (SSSR count). The molecule has 1 aliphatic rings. The van der Waals surface area contributed by atoms with E-state index in [0.717, 1.165) is 11.0 Å². The summed E-state index contributed by atoms with van der Waals surface area (Å²) in [5, 5.41) is 3.01. The first-order valence-corrected chi connectivity index (χ1v) is 6.56. The van der Waals surface area contributed by atoms with Gasteiger partial charge >= 0.3 is 0 Å². The van der Waals surface area contributed by atoms with Crippen LogP contribution < -0.4 is 5.32 Å². The van der Waals surface area contributed by atoms with E-state index in [2.05, 4.69) is 21.2 Å². The maximum Gasteiger partial charge on any atom is 0.267 e. The molecule has 1 aliphatic carbocycles. The van der Waals surface area contributed by atoms with Gasteiger partial charge < -0.3 is 9.88 Å². The Kier molecular flexibility index (Phi) is 3.69. The average Bonchev–Trinajstić information content (AvgIpc) is 2.84. The smallest absolute Gasteiger partial charge is 0.267 e. The van der Waals surface area contributed by atoms with Gasteiger partial charge in [-0.2, -0.15) is 0 Å². The van der Waals surface area contributed by atoms with Crippen LogP contribution in [0.15, 0.2) is 16.7 Å². The molecular weight excluding hydrogens is 268 g/mol. The molecule has 1 fully saturated rings. The number of nitrogens with one attached hydrogen (secondary N) is 1. The van der Waals surface area contributed by atoms with Crippen LogP contribution in [-0.2, 0) is 7.05 Å². The number of aromatic nitrogens is 1. The molecule has 1 heterocycles. The summed E-state index contributed by atoms with van der Waals surface area (Å²) >= 11 is 3.37. The minimum absolute atomic E-state index is 0.0279. The van der Waals surface area contributed by atoms with E-state index in [1.54, 1.807) is 0 Å². The Bertz CT molecular complexity index is 380. The van der Waals surface area contributed by atoms with Crippen molar-refractivity contribution in [3.63, 3.8) is 0 Å². The Labute approximate surface area is 104 Å². The van der Waals surface area contributed by atoms with Crippen molar-refractivity contribution < 1.29 is 4.79 Å². The second kappa shape index (κ2) is 5.04. The molecule has 1 amide bonds. The first-order valence-electron chi connectivity index (χ1n) is 5.77. The first-order chi connectivity index (χ1) is 7.66. The normalized spacial score (nSPS) is 16.6. The number of aryl methyl sites for hydroxylation is 1. The molecule has 0 bridgehead atoms. The number of carbonyl (C=O) groups excluding carboxylic acids is 1. The lowest BCUT2D eigenvalue weighted by Crippen LogP contribution is -2.29. The zero-order valence-corrected chi connectivity index (χ0v) is 11.1. The summed E-state index contributed by atoms with van der Waals surface area (Å²) in [6, 6.07) is 1.85. The summed E-state index contributed by atoms with van der Waals surface area (Å²) in [6.45, 7) is 0.821. The van der Waals surface area contributed by atoms with E-state index >= 15 is 0 Å². The maximum absolute atomic E-state index is 11.9. The van der Waals surface area contributed by atoms with Crippen molar-refractivity contribution in [2.45, 2.75) is 25.7 Å².